The van der Waals surface area contributed by atoms with Crippen molar-refractivity contribution >= 4 is 11.8 Å². The van der Waals surface area contributed by atoms with Gasteiger partial charge in [-0.25, -0.2) is 0 Å². The van der Waals surface area contributed by atoms with E-state index >= 15 is 0 Å². The van der Waals surface area contributed by atoms with Gasteiger partial charge in [0, 0.05) is 6.04 Å². The van der Waals surface area contributed by atoms with Crippen LogP contribution in [-0.4, -0.2) is 22.8 Å². The molecule has 1 aliphatic carbocycles. The van der Waals surface area contributed by atoms with E-state index in [-0.39, 0.29) is 29.7 Å². The highest BCUT2D eigenvalue weighted by Crippen LogP contribution is 2.42. The number of likely N-dealkylation sites (tertiary alicyclic amines) is 1. The van der Waals surface area contributed by atoms with E-state index in [4.69, 9.17) is 0 Å². The SMILES string of the molecule is C=C1CC2C(=O)N(C(C)C)C(=O)C2C1. The van der Waals surface area contributed by atoms with Crippen molar-refractivity contribution in [1.82, 2.24) is 4.90 Å². The molecule has 1 saturated carbocycles. The Morgan fingerprint density at radius 2 is 1.64 bits per heavy atom. The molecule has 1 saturated heterocycles. The minimum Gasteiger partial charge on any atom is -0.280 e. The van der Waals surface area contributed by atoms with Gasteiger partial charge in [-0.05, 0) is 26.7 Å². The first-order chi connectivity index (χ1) is 6.52. The Kier molecular flexibility index (Phi) is 1.98. The Bertz CT molecular complexity index is 293. The maximum absolute atomic E-state index is 11.8. The predicted octanol–water partition coefficient (Wildman–Crippen LogP) is 1.35. The maximum atomic E-state index is 11.8. The van der Waals surface area contributed by atoms with Crippen LogP contribution in [-0.2, 0) is 9.59 Å². The zero-order chi connectivity index (χ0) is 10.5. The van der Waals surface area contributed by atoms with Gasteiger partial charge in [0.25, 0.3) is 0 Å². The third-order valence-corrected chi connectivity index (χ3v) is 3.13. The summed E-state index contributed by atoms with van der Waals surface area (Å²) in [5.74, 6) is -0.183. The van der Waals surface area contributed by atoms with Gasteiger partial charge in [-0.1, -0.05) is 12.2 Å². The second kappa shape index (κ2) is 2.94. The first kappa shape index (κ1) is 9.44. The monoisotopic (exact) mass is 193 g/mol. The van der Waals surface area contributed by atoms with Gasteiger partial charge in [0.2, 0.25) is 11.8 Å². The molecule has 0 aromatic heterocycles. The van der Waals surface area contributed by atoms with Gasteiger partial charge in [0.05, 0.1) is 11.8 Å². The molecule has 2 aliphatic rings. The van der Waals surface area contributed by atoms with E-state index in [1.165, 1.54) is 4.90 Å². The molecule has 2 atom stereocenters. The van der Waals surface area contributed by atoms with Crippen molar-refractivity contribution in [2.45, 2.75) is 32.7 Å². The molecule has 0 aromatic carbocycles. The fourth-order valence-corrected chi connectivity index (χ4v) is 2.48. The summed E-state index contributed by atoms with van der Waals surface area (Å²) < 4.78 is 0. The lowest BCUT2D eigenvalue weighted by molar-refractivity contribution is -0.142. The van der Waals surface area contributed by atoms with Gasteiger partial charge in [0.1, 0.15) is 0 Å². The molecule has 14 heavy (non-hydrogen) atoms. The predicted molar refractivity (Wildman–Crippen MR) is 52.3 cm³/mol. The van der Waals surface area contributed by atoms with E-state index < -0.39 is 0 Å². The van der Waals surface area contributed by atoms with E-state index in [1.54, 1.807) is 0 Å². The Morgan fingerprint density at radius 3 is 2.00 bits per heavy atom. The Balaban J connectivity index is 2.28. The van der Waals surface area contributed by atoms with Crippen molar-refractivity contribution in [2.24, 2.45) is 11.8 Å². The molecule has 76 valence electrons. The number of rotatable bonds is 1. The second-order valence-corrected chi connectivity index (χ2v) is 4.51. The minimum atomic E-state index is -0.0996. The highest BCUT2D eigenvalue weighted by Gasteiger charge is 2.51. The minimum absolute atomic E-state index is 0.00568. The van der Waals surface area contributed by atoms with Crippen molar-refractivity contribution in [1.29, 1.82) is 0 Å². The number of hydrogen-bond acceptors (Lipinski definition) is 2. The smallest absolute Gasteiger partial charge is 0.233 e. The molecule has 0 N–H and O–H groups in total. The topological polar surface area (TPSA) is 37.4 Å². The van der Waals surface area contributed by atoms with Crippen molar-refractivity contribution in [2.75, 3.05) is 0 Å². The quantitative estimate of drug-likeness (QED) is 0.465. The molecule has 2 fully saturated rings. The summed E-state index contributed by atoms with van der Waals surface area (Å²) in [4.78, 5) is 25.1. The summed E-state index contributed by atoms with van der Waals surface area (Å²) in [6.45, 7) is 7.61. The number of imide groups is 1. The van der Waals surface area contributed by atoms with Crippen LogP contribution in [0.1, 0.15) is 26.7 Å². The number of carbonyl (C=O) groups excluding carboxylic acids is 2. The van der Waals surface area contributed by atoms with Crippen molar-refractivity contribution < 1.29 is 9.59 Å². The van der Waals surface area contributed by atoms with E-state index in [0.29, 0.717) is 12.8 Å². The lowest BCUT2D eigenvalue weighted by Gasteiger charge is -2.19. The highest BCUT2D eigenvalue weighted by molar-refractivity contribution is 6.06. The van der Waals surface area contributed by atoms with Crippen LogP contribution in [0.5, 0.6) is 0 Å². The van der Waals surface area contributed by atoms with Gasteiger partial charge < -0.3 is 0 Å². The average molecular weight is 193 g/mol. The summed E-state index contributed by atoms with van der Waals surface area (Å²) >= 11 is 0. The summed E-state index contributed by atoms with van der Waals surface area (Å²) in [6.07, 6.45) is 1.41. The fraction of sp³-hybridized carbons (Fsp3) is 0.636. The number of allylic oxidation sites excluding steroid dienone is 1. The molecule has 3 nitrogen and oxygen atoms in total. The number of fused-ring (bicyclic) bond motifs is 1. The number of hydrogen-bond donors (Lipinski definition) is 0. The largest absolute Gasteiger partial charge is 0.280 e. The van der Waals surface area contributed by atoms with Crippen LogP contribution in [0.2, 0.25) is 0 Å². The summed E-state index contributed by atoms with van der Waals surface area (Å²) in [5.41, 5.74) is 1.05. The van der Waals surface area contributed by atoms with Gasteiger partial charge in [-0.15, -0.1) is 0 Å². The van der Waals surface area contributed by atoms with Gasteiger partial charge in [-0.3, -0.25) is 14.5 Å². The summed E-state index contributed by atoms with van der Waals surface area (Å²) in [5, 5.41) is 0. The van der Waals surface area contributed by atoms with E-state index in [0.717, 1.165) is 5.57 Å². The van der Waals surface area contributed by atoms with Crippen LogP contribution in [0.4, 0.5) is 0 Å². The van der Waals surface area contributed by atoms with Crippen LogP contribution < -0.4 is 0 Å². The standard InChI is InChI=1S/C11H15NO2/c1-6(2)12-10(13)8-4-7(3)5-9(8)11(12)14/h6,8-9H,3-5H2,1-2H3. The number of amides is 2. The normalized spacial score (nSPS) is 31.9. The van der Waals surface area contributed by atoms with Crippen LogP contribution in [0.25, 0.3) is 0 Å². The van der Waals surface area contributed by atoms with Crippen LogP contribution in [0, 0.1) is 11.8 Å². The molecule has 3 heteroatoms. The summed E-state index contributed by atoms with van der Waals surface area (Å²) in [7, 11) is 0. The molecule has 2 amide bonds. The Hall–Kier alpha value is -1.12. The Labute approximate surface area is 83.8 Å². The van der Waals surface area contributed by atoms with Crippen LogP contribution in [0.15, 0.2) is 12.2 Å². The molecule has 0 radical (unpaired) electrons. The van der Waals surface area contributed by atoms with Crippen molar-refractivity contribution in [3.8, 4) is 0 Å². The average Bonchev–Trinajstić information content (AvgIpc) is 2.54. The number of nitrogens with zero attached hydrogens (tertiary/aromatic N) is 1. The zero-order valence-electron chi connectivity index (χ0n) is 8.62. The first-order valence-electron chi connectivity index (χ1n) is 5.06. The molecule has 2 rings (SSSR count). The molecular weight excluding hydrogens is 178 g/mol. The Morgan fingerprint density at radius 1 is 1.21 bits per heavy atom. The molecular formula is C11H15NO2. The van der Waals surface area contributed by atoms with Gasteiger partial charge in [0.15, 0.2) is 0 Å². The molecule has 1 aliphatic heterocycles. The third kappa shape index (κ3) is 1.11. The third-order valence-electron chi connectivity index (χ3n) is 3.13. The van der Waals surface area contributed by atoms with E-state index in [9.17, 15) is 9.59 Å². The lowest BCUT2D eigenvalue weighted by Crippen LogP contribution is -2.37. The molecule has 1 heterocycles. The van der Waals surface area contributed by atoms with Crippen molar-refractivity contribution in [3.05, 3.63) is 12.2 Å². The number of carbonyl (C=O) groups is 2. The molecule has 0 spiro atoms. The molecule has 2 unspecified atom stereocenters. The highest BCUT2D eigenvalue weighted by atomic mass is 16.2. The van der Waals surface area contributed by atoms with Crippen LogP contribution in [0.3, 0.4) is 0 Å². The van der Waals surface area contributed by atoms with Gasteiger partial charge >= 0.3 is 0 Å². The zero-order valence-corrected chi connectivity index (χ0v) is 8.62. The first-order valence-corrected chi connectivity index (χ1v) is 5.06. The summed E-state index contributed by atoms with van der Waals surface area (Å²) in [6, 6.07) is -0.00568. The van der Waals surface area contributed by atoms with E-state index in [2.05, 4.69) is 6.58 Å². The van der Waals surface area contributed by atoms with Crippen molar-refractivity contribution in [3.63, 3.8) is 0 Å². The second-order valence-electron chi connectivity index (χ2n) is 4.51. The molecule has 0 aromatic rings. The van der Waals surface area contributed by atoms with Gasteiger partial charge in [-0.2, -0.15) is 0 Å². The maximum Gasteiger partial charge on any atom is 0.233 e. The fourth-order valence-electron chi connectivity index (χ4n) is 2.48. The molecule has 0 bridgehead atoms. The lowest BCUT2D eigenvalue weighted by atomic mass is 10.00. The van der Waals surface area contributed by atoms with Crippen LogP contribution >= 0.6 is 0 Å². The van der Waals surface area contributed by atoms with E-state index in [1.807, 2.05) is 13.8 Å².